The lowest BCUT2D eigenvalue weighted by Crippen LogP contribution is -2.40. The Bertz CT molecular complexity index is 948. The Kier molecular flexibility index (Phi) is 5.63. The van der Waals surface area contributed by atoms with Gasteiger partial charge in [-0.25, -0.2) is 21.9 Å². The van der Waals surface area contributed by atoms with Crippen LogP contribution in [0.2, 0.25) is 0 Å². The minimum absolute atomic E-state index is 0.158. The van der Waals surface area contributed by atoms with Gasteiger partial charge in [-0.3, -0.25) is 4.79 Å². The van der Waals surface area contributed by atoms with Crippen molar-refractivity contribution >= 4 is 15.8 Å². The summed E-state index contributed by atoms with van der Waals surface area (Å²) in [4.78, 5) is 11.9. The summed E-state index contributed by atoms with van der Waals surface area (Å²) in [5.74, 6) is -2.07. The van der Waals surface area contributed by atoms with Crippen LogP contribution in [0.3, 0.4) is 0 Å². The van der Waals surface area contributed by atoms with Gasteiger partial charge in [-0.1, -0.05) is 18.2 Å². The van der Waals surface area contributed by atoms with Gasteiger partial charge in [0.1, 0.15) is 10.7 Å². The summed E-state index contributed by atoms with van der Waals surface area (Å²) in [6, 6.07) is 7.87. The highest BCUT2D eigenvalue weighted by Gasteiger charge is 2.27. The quantitative estimate of drug-likeness (QED) is 0.802. The second kappa shape index (κ2) is 7.25. The van der Waals surface area contributed by atoms with Crippen molar-refractivity contribution in [2.45, 2.75) is 44.6 Å². The maximum Gasteiger partial charge on any atom is 0.243 e. The van der Waals surface area contributed by atoms with Gasteiger partial charge < -0.3 is 0 Å². The molecule has 0 unspecified atom stereocenters. The number of carbonyl (C=O) groups is 1. The van der Waals surface area contributed by atoms with Gasteiger partial charge in [0.2, 0.25) is 10.0 Å². The van der Waals surface area contributed by atoms with Crippen molar-refractivity contribution in [3.05, 3.63) is 64.7 Å². The Labute approximate surface area is 152 Å². The minimum Gasteiger partial charge on any atom is -0.294 e. The van der Waals surface area contributed by atoms with Gasteiger partial charge in [0.05, 0.1) is 5.56 Å². The lowest BCUT2D eigenvalue weighted by Gasteiger charge is -2.20. The van der Waals surface area contributed by atoms with Crippen LogP contribution in [-0.2, 0) is 16.4 Å². The Hall–Kier alpha value is -2.12. The monoisotopic (exact) mass is 381 g/mol. The van der Waals surface area contributed by atoms with Gasteiger partial charge in [-0.15, -0.1) is 0 Å². The van der Waals surface area contributed by atoms with Crippen LogP contribution in [-0.4, -0.2) is 19.7 Å². The van der Waals surface area contributed by atoms with Crippen LogP contribution in [0.4, 0.5) is 8.78 Å². The summed E-state index contributed by atoms with van der Waals surface area (Å²) in [6.45, 7) is 6.46. The lowest BCUT2D eigenvalue weighted by molar-refractivity contribution is 0.0988. The second-order valence-corrected chi connectivity index (χ2v) is 8.81. The van der Waals surface area contributed by atoms with Crippen LogP contribution in [0.1, 0.15) is 42.3 Å². The van der Waals surface area contributed by atoms with E-state index < -0.39 is 37.9 Å². The zero-order valence-electron chi connectivity index (χ0n) is 15.1. The number of rotatable bonds is 5. The number of carbonyl (C=O) groups excluding carboxylic acids is 1. The summed E-state index contributed by atoms with van der Waals surface area (Å²) < 4.78 is 55.2. The predicted molar refractivity (Wildman–Crippen MR) is 95.6 cm³/mol. The molecule has 0 saturated carbocycles. The van der Waals surface area contributed by atoms with Crippen LogP contribution in [0.15, 0.2) is 41.3 Å². The van der Waals surface area contributed by atoms with Crippen molar-refractivity contribution in [3.63, 3.8) is 0 Å². The van der Waals surface area contributed by atoms with E-state index in [1.54, 1.807) is 27.7 Å². The molecule has 0 bridgehead atoms. The summed E-state index contributed by atoms with van der Waals surface area (Å²) in [5, 5.41) is 0. The van der Waals surface area contributed by atoms with E-state index in [-0.39, 0.29) is 12.0 Å². The molecule has 0 aliphatic heterocycles. The molecule has 140 valence electrons. The zero-order valence-corrected chi connectivity index (χ0v) is 15.9. The standard InChI is InChI=1S/C19H21F2NO3S/c1-12-10-13(8-9-15(12)20)11-16(23)14-6-5-7-17(18(14)21)26(24,25)22-19(2,3)4/h5-10,22H,11H2,1-4H3. The summed E-state index contributed by atoms with van der Waals surface area (Å²) in [5.41, 5.74) is -0.212. The van der Waals surface area contributed by atoms with Crippen molar-refractivity contribution in [2.24, 2.45) is 0 Å². The molecular weight excluding hydrogens is 360 g/mol. The number of hydrogen-bond donors (Lipinski definition) is 1. The highest BCUT2D eigenvalue weighted by atomic mass is 32.2. The van der Waals surface area contributed by atoms with E-state index in [4.69, 9.17) is 0 Å². The van der Waals surface area contributed by atoms with E-state index in [2.05, 4.69) is 4.72 Å². The van der Waals surface area contributed by atoms with E-state index in [0.29, 0.717) is 11.1 Å². The van der Waals surface area contributed by atoms with E-state index in [1.165, 1.54) is 30.3 Å². The molecule has 2 rings (SSSR count). The van der Waals surface area contributed by atoms with Crippen LogP contribution in [0, 0.1) is 18.6 Å². The van der Waals surface area contributed by atoms with Gasteiger partial charge in [-0.2, -0.15) is 0 Å². The first-order valence-corrected chi connectivity index (χ1v) is 9.50. The highest BCUT2D eigenvalue weighted by Crippen LogP contribution is 2.21. The van der Waals surface area contributed by atoms with Crippen molar-refractivity contribution in [2.75, 3.05) is 0 Å². The normalized spacial score (nSPS) is 12.2. The molecule has 0 aromatic heterocycles. The molecule has 0 aliphatic rings. The molecule has 0 spiro atoms. The van der Waals surface area contributed by atoms with Gasteiger partial charge in [-0.05, 0) is 57.0 Å². The Morgan fingerprint density at radius 1 is 1.12 bits per heavy atom. The van der Waals surface area contributed by atoms with Gasteiger partial charge >= 0.3 is 0 Å². The van der Waals surface area contributed by atoms with E-state index in [0.717, 1.165) is 6.07 Å². The molecule has 0 amide bonds. The summed E-state index contributed by atoms with van der Waals surface area (Å²) in [6.07, 6.45) is -0.158. The van der Waals surface area contributed by atoms with Crippen LogP contribution < -0.4 is 4.72 Å². The Morgan fingerprint density at radius 3 is 2.35 bits per heavy atom. The first-order valence-electron chi connectivity index (χ1n) is 8.01. The molecule has 2 aromatic rings. The third-order valence-electron chi connectivity index (χ3n) is 3.58. The molecule has 0 aliphatic carbocycles. The molecule has 0 atom stereocenters. The number of nitrogens with one attached hydrogen (secondary N) is 1. The Morgan fingerprint density at radius 2 is 1.77 bits per heavy atom. The number of ketones is 1. The van der Waals surface area contributed by atoms with Crippen LogP contribution >= 0.6 is 0 Å². The van der Waals surface area contributed by atoms with Crippen LogP contribution in [0.5, 0.6) is 0 Å². The maximum atomic E-state index is 14.7. The molecule has 4 nitrogen and oxygen atoms in total. The average Bonchev–Trinajstić information content (AvgIpc) is 2.48. The third kappa shape index (κ3) is 4.74. The summed E-state index contributed by atoms with van der Waals surface area (Å²) in [7, 11) is -4.12. The maximum absolute atomic E-state index is 14.7. The van der Waals surface area contributed by atoms with E-state index >= 15 is 0 Å². The number of hydrogen-bond acceptors (Lipinski definition) is 3. The molecule has 0 heterocycles. The van der Waals surface area contributed by atoms with Crippen molar-refractivity contribution < 1.29 is 22.0 Å². The number of aryl methyl sites for hydroxylation is 1. The molecular formula is C19H21F2NO3S. The van der Waals surface area contributed by atoms with Gasteiger partial charge in [0.15, 0.2) is 11.6 Å². The van der Waals surface area contributed by atoms with Crippen molar-refractivity contribution in [3.8, 4) is 0 Å². The van der Waals surface area contributed by atoms with Crippen molar-refractivity contribution in [1.29, 1.82) is 0 Å². The Balaban J connectivity index is 2.36. The van der Waals surface area contributed by atoms with Crippen molar-refractivity contribution in [1.82, 2.24) is 4.72 Å². The predicted octanol–water partition coefficient (Wildman–Crippen LogP) is 3.78. The topological polar surface area (TPSA) is 63.2 Å². The number of benzene rings is 2. The molecule has 7 heteroatoms. The SMILES string of the molecule is Cc1cc(CC(=O)c2cccc(S(=O)(=O)NC(C)(C)C)c2F)ccc1F. The van der Waals surface area contributed by atoms with Gasteiger partial charge in [0.25, 0.3) is 0 Å². The lowest BCUT2D eigenvalue weighted by atomic mass is 10.0. The largest absolute Gasteiger partial charge is 0.294 e. The molecule has 0 saturated heterocycles. The summed E-state index contributed by atoms with van der Waals surface area (Å²) >= 11 is 0. The highest BCUT2D eigenvalue weighted by molar-refractivity contribution is 7.89. The average molecular weight is 381 g/mol. The fourth-order valence-corrected chi connectivity index (χ4v) is 4.01. The fourth-order valence-electron chi connectivity index (χ4n) is 2.49. The second-order valence-electron chi connectivity index (χ2n) is 7.16. The number of Topliss-reactive ketones (excluding diaryl/α,β-unsaturated/α-hetero) is 1. The smallest absolute Gasteiger partial charge is 0.243 e. The molecule has 26 heavy (non-hydrogen) atoms. The van der Waals surface area contributed by atoms with Crippen LogP contribution in [0.25, 0.3) is 0 Å². The minimum atomic E-state index is -4.12. The van der Waals surface area contributed by atoms with E-state index in [1.807, 2.05) is 0 Å². The fraction of sp³-hybridized carbons (Fsp3) is 0.316. The molecule has 0 radical (unpaired) electrons. The molecule has 2 aromatic carbocycles. The number of sulfonamides is 1. The zero-order chi connectivity index (χ0) is 19.7. The third-order valence-corrected chi connectivity index (χ3v) is 5.36. The van der Waals surface area contributed by atoms with E-state index in [9.17, 15) is 22.0 Å². The molecule has 0 fully saturated rings. The molecule has 1 N–H and O–H groups in total. The first-order chi connectivity index (χ1) is 11.9. The first kappa shape index (κ1) is 20.2. The number of halogens is 2. The van der Waals surface area contributed by atoms with Gasteiger partial charge in [0, 0.05) is 12.0 Å².